The van der Waals surface area contributed by atoms with Gasteiger partial charge in [-0.3, -0.25) is 14.2 Å². The quantitative estimate of drug-likeness (QED) is 0.330. The van der Waals surface area contributed by atoms with Crippen LogP contribution in [0.25, 0.3) is 28.2 Å². The van der Waals surface area contributed by atoms with Crippen LogP contribution in [0.15, 0.2) is 66.2 Å². The van der Waals surface area contributed by atoms with Crippen molar-refractivity contribution >= 4 is 23.2 Å². The largest absolute Gasteiger partial charge is 0.295 e. The molecule has 1 aliphatic rings. The van der Waals surface area contributed by atoms with Gasteiger partial charge in [0.25, 0.3) is 0 Å². The average molecular weight is 401 g/mol. The third-order valence-electron chi connectivity index (χ3n) is 5.30. The molecule has 0 aliphatic heterocycles. The van der Waals surface area contributed by atoms with E-state index < -0.39 is 0 Å². The van der Waals surface area contributed by atoms with E-state index >= 15 is 0 Å². The molecule has 6 heteroatoms. The summed E-state index contributed by atoms with van der Waals surface area (Å²) in [5, 5.41) is 0.877. The van der Waals surface area contributed by atoms with Crippen LogP contribution < -0.4 is 0 Å². The van der Waals surface area contributed by atoms with E-state index in [-0.39, 0.29) is 5.78 Å². The van der Waals surface area contributed by atoms with Crippen LogP contribution in [0.3, 0.4) is 0 Å². The molecular weight excluding hydrogens is 380 g/mol. The molecule has 0 radical (unpaired) electrons. The van der Waals surface area contributed by atoms with E-state index in [4.69, 9.17) is 4.98 Å². The number of benzene rings is 1. The lowest BCUT2D eigenvalue weighted by Crippen LogP contribution is -2.00. The molecule has 1 aliphatic carbocycles. The average Bonchev–Trinajstić information content (AvgIpc) is 3.48. The van der Waals surface area contributed by atoms with Crippen LogP contribution in [0.2, 0.25) is 0 Å². The summed E-state index contributed by atoms with van der Waals surface area (Å²) < 4.78 is 2.08. The minimum Gasteiger partial charge on any atom is -0.295 e. The zero-order valence-electron chi connectivity index (χ0n) is 16.1. The van der Waals surface area contributed by atoms with Gasteiger partial charge in [-0.2, -0.15) is 0 Å². The van der Waals surface area contributed by atoms with Crippen molar-refractivity contribution in [3.8, 4) is 22.5 Å². The molecule has 0 N–H and O–H groups in total. The van der Waals surface area contributed by atoms with E-state index in [9.17, 15) is 4.79 Å². The van der Waals surface area contributed by atoms with Gasteiger partial charge in [0.15, 0.2) is 11.4 Å². The van der Waals surface area contributed by atoms with Crippen LogP contribution in [-0.4, -0.2) is 31.4 Å². The maximum Gasteiger partial charge on any atom is 0.170 e. The van der Waals surface area contributed by atoms with Crippen molar-refractivity contribution < 1.29 is 4.79 Å². The molecule has 0 amide bonds. The Labute approximate surface area is 173 Å². The van der Waals surface area contributed by atoms with Crippen LogP contribution in [-0.2, 0) is 0 Å². The zero-order valence-corrected chi connectivity index (χ0v) is 16.9. The Morgan fingerprint density at radius 1 is 1.10 bits per heavy atom. The predicted octanol–water partition coefficient (Wildman–Crippen LogP) is 5.16. The standard InChI is InChI=1S/C23H20N4OS/c1-29-23-22-25-13-20(27(22)14-19(26-23)16-8-10-24-11-9-16)17-4-6-18(7-5-17)21(28)12-15-2-3-15/h4-11,13-15H,2-3,12H2,1H3. The van der Waals surface area contributed by atoms with Gasteiger partial charge in [0.2, 0.25) is 0 Å². The lowest BCUT2D eigenvalue weighted by molar-refractivity contribution is 0.0976. The third-order valence-corrected chi connectivity index (χ3v) is 5.97. The Hall–Kier alpha value is -2.99. The van der Waals surface area contributed by atoms with Crippen LogP contribution >= 0.6 is 11.8 Å². The number of hydrogen-bond acceptors (Lipinski definition) is 5. The molecule has 5 nitrogen and oxygen atoms in total. The van der Waals surface area contributed by atoms with Crippen molar-refractivity contribution in [3.05, 3.63) is 66.7 Å². The fourth-order valence-corrected chi connectivity index (χ4v) is 4.02. The van der Waals surface area contributed by atoms with E-state index in [2.05, 4.69) is 14.4 Å². The number of imidazole rings is 1. The summed E-state index contributed by atoms with van der Waals surface area (Å²) >= 11 is 1.58. The van der Waals surface area contributed by atoms with Crippen molar-refractivity contribution in [2.75, 3.05) is 6.26 Å². The van der Waals surface area contributed by atoms with E-state index in [1.165, 1.54) is 12.8 Å². The number of pyridine rings is 1. The van der Waals surface area contributed by atoms with Gasteiger partial charge in [0, 0.05) is 41.7 Å². The summed E-state index contributed by atoms with van der Waals surface area (Å²) in [6, 6.07) is 11.8. The maximum atomic E-state index is 12.4. The van der Waals surface area contributed by atoms with E-state index in [0.29, 0.717) is 12.3 Å². The first-order valence-electron chi connectivity index (χ1n) is 9.69. The Balaban J connectivity index is 1.55. The summed E-state index contributed by atoms with van der Waals surface area (Å²) in [5.74, 6) is 0.844. The second-order valence-electron chi connectivity index (χ2n) is 7.36. The number of aromatic nitrogens is 4. The monoisotopic (exact) mass is 400 g/mol. The van der Waals surface area contributed by atoms with Gasteiger partial charge in [-0.05, 0) is 37.1 Å². The number of carbonyl (C=O) groups excluding carboxylic acids is 1. The van der Waals surface area contributed by atoms with E-state index in [0.717, 1.165) is 38.8 Å². The number of fused-ring (bicyclic) bond motifs is 1. The number of nitrogens with zero attached hydrogens (tertiary/aromatic N) is 4. The molecule has 1 fully saturated rings. The molecule has 3 heterocycles. The highest BCUT2D eigenvalue weighted by Gasteiger charge is 2.24. The second-order valence-corrected chi connectivity index (χ2v) is 8.15. The Morgan fingerprint density at radius 2 is 1.86 bits per heavy atom. The SMILES string of the molecule is CSc1nc(-c2ccncc2)cn2c(-c3ccc(C(=O)CC4CC4)cc3)cnc12. The fourth-order valence-electron chi connectivity index (χ4n) is 3.50. The van der Waals surface area contributed by atoms with Crippen LogP contribution in [0, 0.1) is 5.92 Å². The van der Waals surface area contributed by atoms with Gasteiger partial charge < -0.3 is 0 Å². The molecule has 0 bridgehead atoms. The topological polar surface area (TPSA) is 60.2 Å². The first kappa shape index (κ1) is 18.1. The lowest BCUT2D eigenvalue weighted by atomic mass is 10.0. The predicted molar refractivity (Wildman–Crippen MR) is 115 cm³/mol. The van der Waals surface area contributed by atoms with Crippen molar-refractivity contribution in [1.29, 1.82) is 0 Å². The third kappa shape index (κ3) is 3.56. The first-order chi connectivity index (χ1) is 14.2. The molecule has 4 aromatic rings. The molecular formula is C23H20N4OS. The smallest absolute Gasteiger partial charge is 0.170 e. The number of rotatable bonds is 6. The Kier molecular flexibility index (Phi) is 4.64. The fraction of sp³-hybridized carbons (Fsp3) is 0.217. The molecule has 0 spiro atoms. The van der Waals surface area contributed by atoms with Gasteiger partial charge in [-0.15, -0.1) is 11.8 Å². The zero-order chi connectivity index (χ0) is 19.8. The summed E-state index contributed by atoms with van der Waals surface area (Å²) in [7, 11) is 0. The number of hydrogen-bond donors (Lipinski definition) is 0. The number of ketones is 1. The normalized spacial score (nSPS) is 13.7. The Bertz CT molecular complexity index is 1180. The number of carbonyl (C=O) groups is 1. The summed E-state index contributed by atoms with van der Waals surface area (Å²) in [4.78, 5) is 25.8. The van der Waals surface area contributed by atoms with Gasteiger partial charge >= 0.3 is 0 Å². The summed E-state index contributed by atoms with van der Waals surface area (Å²) in [6.07, 6.45) is 12.5. The van der Waals surface area contributed by atoms with Gasteiger partial charge in [-0.25, -0.2) is 9.97 Å². The van der Waals surface area contributed by atoms with E-state index in [1.54, 1.807) is 24.2 Å². The lowest BCUT2D eigenvalue weighted by Gasteiger charge is -2.08. The van der Waals surface area contributed by atoms with Crippen molar-refractivity contribution in [2.45, 2.75) is 24.3 Å². The number of Topliss-reactive ketones (excluding diaryl/α,β-unsaturated/α-hetero) is 1. The summed E-state index contributed by atoms with van der Waals surface area (Å²) in [5.41, 5.74) is 5.52. The highest BCUT2D eigenvalue weighted by atomic mass is 32.2. The van der Waals surface area contributed by atoms with Crippen molar-refractivity contribution in [1.82, 2.24) is 19.4 Å². The molecule has 1 saturated carbocycles. The van der Waals surface area contributed by atoms with Gasteiger partial charge in [-0.1, -0.05) is 24.3 Å². The second kappa shape index (κ2) is 7.44. The minimum absolute atomic E-state index is 0.242. The molecule has 5 rings (SSSR count). The van der Waals surface area contributed by atoms with Crippen molar-refractivity contribution in [2.24, 2.45) is 5.92 Å². The van der Waals surface area contributed by atoms with Gasteiger partial charge in [0.1, 0.15) is 5.03 Å². The maximum absolute atomic E-state index is 12.4. The van der Waals surface area contributed by atoms with Crippen LogP contribution in [0.4, 0.5) is 0 Å². The summed E-state index contributed by atoms with van der Waals surface area (Å²) in [6.45, 7) is 0. The highest BCUT2D eigenvalue weighted by Crippen LogP contribution is 2.34. The molecule has 29 heavy (non-hydrogen) atoms. The van der Waals surface area contributed by atoms with Crippen LogP contribution in [0.1, 0.15) is 29.6 Å². The Morgan fingerprint density at radius 3 is 2.55 bits per heavy atom. The van der Waals surface area contributed by atoms with Crippen LogP contribution in [0.5, 0.6) is 0 Å². The molecule has 3 aromatic heterocycles. The molecule has 0 atom stereocenters. The molecule has 144 valence electrons. The molecule has 0 saturated heterocycles. The molecule has 0 unspecified atom stereocenters. The van der Waals surface area contributed by atoms with E-state index in [1.807, 2.05) is 55.0 Å². The molecule has 1 aromatic carbocycles. The number of thioether (sulfide) groups is 1. The van der Waals surface area contributed by atoms with Gasteiger partial charge in [0.05, 0.1) is 17.6 Å². The minimum atomic E-state index is 0.242. The van der Waals surface area contributed by atoms with Crippen molar-refractivity contribution in [3.63, 3.8) is 0 Å². The highest BCUT2D eigenvalue weighted by molar-refractivity contribution is 7.98. The first-order valence-corrected chi connectivity index (χ1v) is 10.9.